The monoisotopic (exact) mass is 278 g/mol. The van der Waals surface area contributed by atoms with Crippen LogP contribution in [-0.4, -0.2) is 23.2 Å². The minimum Gasteiger partial charge on any atom is -0.272 e. The summed E-state index contributed by atoms with van der Waals surface area (Å²) in [6.07, 6.45) is -0.838. The Balaban J connectivity index is 2.23. The quantitative estimate of drug-likeness (QED) is 0.830. The molecular weight excluding hydrogens is 262 g/mol. The highest BCUT2D eigenvalue weighted by molar-refractivity contribution is 6.19. The van der Waals surface area contributed by atoms with Crippen LogP contribution in [0.15, 0.2) is 47.6 Å². The summed E-state index contributed by atoms with van der Waals surface area (Å²) in [5.74, 6) is -0.163. The van der Waals surface area contributed by atoms with Crippen molar-refractivity contribution in [3.05, 3.63) is 48.1 Å². The fraction of sp³-hybridized carbons (Fsp3) is 0.333. The first kappa shape index (κ1) is 14.4. The lowest BCUT2D eigenvalue weighted by Gasteiger charge is -2.19. The van der Waals surface area contributed by atoms with Gasteiger partial charge in [-0.05, 0) is 31.9 Å². The van der Waals surface area contributed by atoms with Crippen molar-refractivity contribution in [3.8, 4) is 0 Å². The third-order valence-corrected chi connectivity index (χ3v) is 3.27. The van der Waals surface area contributed by atoms with Crippen LogP contribution in [0.25, 0.3) is 0 Å². The lowest BCUT2D eigenvalue weighted by Crippen LogP contribution is -2.35. The maximum Gasteiger partial charge on any atom is 0.266 e. The second-order valence-electron chi connectivity index (χ2n) is 5.15. The molecule has 5 heteroatoms. The summed E-state index contributed by atoms with van der Waals surface area (Å²) in [5, 5.41) is 5.59. The molecule has 1 aliphatic heterocycles. The Hall–Kier alpha value is -2.04. The first-order valence-electron chi connectivity index (χ1n) is 6.40. The highest BCUT2D eigenvalue weighted by Gasteiger charge is 2.43. The Morgan fingerprint density at radius 3 is 2.55 bits per heavy atom. The second kappa shape index (κ2) is 5.53. The van der Waals surface area contributed by atoms with E-state index in [-0.39, 0.29) is 18.9 Å². The van der Waals surface area contributed by atoms with E-state index in [0.717, 1.165) is 11.6 Å². The van der Waals surface area contributed by atoms with E-state index in [0.29, 0.717) is 5.71 Å². The van der Waals surface area contributed by atoms with Crippen molar-refractivity contribution < 1.29 is 13.6 Å². The van der Waals surface area contributed by atoms with Gasteiger partial charge in [0.2, 0.25) is 0 Å². The van der Waals surface area contributed by atoms with Crippen LogP contribution in [0.5, 0.6) is 0 Å². The number of hydrogen-bond acceptors (Lipinski definition) is 2. The van der Waals surface area contributed by atoms with Crippen LogP contribution >= 0.6 is 0 Å². The number of nitrogens with zero attached hydrogens (tertiary/aromatic N) is 2. The van der Waals surface area contributed by atoms with Gasteiger partial charge in [0.15, 0.2) is 0 Å². The van der Waals surface area contributed by atoms with E-state index in [1.807, 2.05) is 30.3 Å². The Bertz CT molecular complexity index is 560. The van der Waals surface area contributed by atoms with Crippen molar-refractivity contribution in [2.75, 3.05) is 6.54 Å². The number of halogens is 2. The van der Waals surface area contributed by atoms with Gasteiger partial charge in [-0.15, -0.1) is 0 Å². The molecule has 0 N–H and O–H groups in total. The van der Waals surface area contributed by atoms with Gasteiger partial charge in [-0.3, -0.25) is 4.79 Å². The van der Waals surface area contributed by atoms with Crippen molar-refractivity contribution in [1.29, 1.82) is 0 Å². The molecule has 20 heavy (non-hydrogen) atoms. The molecule has 1 amide bonds. The molecule has 0 saturated heterocycles. The van der Waals surface area contributed by atoms with E-state index in [4.69, 9.17) is 0 Å². The Labute approximate surface area is 116 Å². The van der Waals surface area contributed by atoms with Crippen LogP contribution in [0.1, 0.15) is 25.8 Å². The van der Waals surface area contributed by atoms with E-state index >= 15 is 0 Å². The summed E-state index contributed by atoms with van der Waals surface area (Å²) >= 11 is 0. The molecule has 1 heterocycles. The minimum absolute atomic E-state index is 0.0930. The molecule has 1 aliphatic rings. The molecule has 1 aromatic carbocycles. The van der Waals surface area contributed by atoms with Crippen molar-refractivity contribution >= 4 is 11.6 Å². The van der Waals surface area contributed by atoms with E-state index in [9.17, 15) is 13.6 Å². The van der Waals surface area contributed by atoms with Crippen LogP contribution in [0.3, 0.4) is 0 Å². The van der Waals surface area contributed by atoms with Gasteiger partial charge in [-0.1, -0.05) is 30.3 Å². The lowest BCUT2D eigenvalue weighted by atomic mass is 9.83. The Kier molecular flexibility index (Phi) is 3.97. The summed E-state index contributed by atoms with van der Waals surface area (Å²) in [6, 6.07) is 9.42. The van der Waals surface area contributed by atoms with Crippen molar-refractivity contribution in [2.45, 2.75) is 20.3 Å². The predicted molar refractivity (Wildman–Crippen MR) is 73.4 cm³/mol. The highest BCUT2D eigenvalue weighted by atomic mass is 19.3. The van der Waals surface area contributed by atoms with Crippen LogP contribution in [-0.2, 0) is 4.79 Å². The third-order valence-electron chi connectivity index (χ3n) is 3.27. The van der Waals surface area contributed by atoms with Crippen molar-refractivity contribution in [1.82, 2.24) is 5.01 Å². The highest BCUT2D eigenvalue weighted by Crippen LogP contribution is 2.31. The van der Waals surface area contributed by atoms with Crippen LogP contribution in [0, 0.1) is 5.41 Å². The Morgan fingerprint density at radius 2 is 1.95 bits per heavy atom. The molecule has 0 radical (unpaired) electrons. The number of hydrogen-bond donors (Lipinski definition) is 0. The summed E-state index contributed by atoms with van der Waals surface area (Å²) in [4.78, 5) is 12.3. The molecule has 0 unspecified atom stereocenters. The fourth-order valence-corrected chi connectivity index (χ4v) is 2.18. The minimum atomic E-state index is -1.73. The van der Waals surface area contributed by atoms with Gasteiger partial charge in [-0.25, -0.2) is 5.01 Å². The topological polar surface area (TPSA) is 32.7 Å². The first-order valence-corrected chi connectivity index (χ1v) is 6.40. The number of carbonyl (C=O) groups excluding carboxylic acids is 1. The molecule has 0 aromatic heterocycles. The van der Waals surface area contributed by atoms with E-state index < -0.39 is 11.5 Å². The van der Waals surface area contributed by atoms with Gasteiger partial charge in [0, 0.05) is 6.54 Å². The molecule has 0 fully saturated rings. The van der Waals surface area contributed by atoms with Gasteiger partial charge in [-0.2, -0.15) is 13.9 Å². The van der Waals surface area contributed by atoms with Gasteiger partial charge in [0.25, 0.3) is 12.0 Å². The van der Waals surface area contributed by atoms with Crippen LogP contribution in [0.4, 0.5) is 8.78 Å². The molecule has 0 spiro atoms. The van der Waals surface area contributed by atoms with Gasteiger partial charge in [0.1, 0.15) is 0 Å². The molecule has 2 rings (SSSR count). The largest absolute Gasteiger partial charge is 0.272 e. The number of amides is 1. The van der Waals surface area contributed by atoms with E-state index in [2.05, 4.69) is 5.10 Å². The standard InChI is InChI=1S/C15H16F2N2O/c1-15(2)13(11-7-4-3-5-8-11)18-19(14(15)20)10-6-9-12(16)17/h3-5,7-9H,6,10H2,1-2H3. The number of benzene rings is 1. The smallest absolute Gasteiger partial charge is 0.266 e. The predicted octanol–water partition coefficient (Wildman–Crippen LogP) is 3.43. The van der Waals surface area contributed by atoms with Crippen molar-refractivity contribution in [3.63, 3.8) is 0 Å². The molecule has 3 nitrogen and oxygen atoms in total. The molecule has 1 aromatic rings. The average molecular weight is 278 g/mol. The summed E-state index contributed by atoms with van der Waals surface area (Å²) < 4.78 is 24.0. The first-order chi connectivity index (χ1) is 9.43. The SMILES string of the molecule is CC1(C)C(=O)N(CCC=C(F)F)N=C1c1ccccc1. The molecule has 0 aliphatic carbocycles. The third kappa shape index (κ3) is 2.76. The zero-order chi connectivity index (χ0) is 14.8. The fourth-order valence-electron chi connectivity index (χ4n) is 2.18. The summed E-state index contributed by atoms with van der Waals surface area (Å²) in [6.45, 7) is 3.76. The maximum absolute atomic E-state index is 12.3. The number of hydrazone groups is 1. The number of rotatable bonds is 4. The molecular formula is C15H16F2N2O. The van der Waals surface area contributed by atoms with Crippen molar-refractivity contribution in [2.24, 2.45) is 10.5 Å². The van der Waals surface area contributed by atoms with E-state index in [1.165, 1.54) is 5.01 Å². The van der Waals surface area contributed by atoms with E-state index in [1.54, 1.807) is 13.8 Å². The van der Waals surface area contributed by atoms with Crippen LogP contribution < -0.4 is 0 Å². The molecule has 106 valence electrons. The Morgan fingerprint density at radius 1 is 1.30 bits per heavy atom. The second-order valence-corrected chi connectivity index (χ2v) is 5.15. The summed E-state index contributed by atoms with van der Waals surface area (Å²) in [7, 11) is 0. The molecule has 0 atom stereocenters. The average Bonchev–Trinajstić information content (AvgIpc) is 2.63. The zero-order valence-corrected chi connectivity index (χ0v) is 11.4. The normalized spacial score (nSPS) is 17.1. The zero-order valence-electron chi connectivity index (χ0n) is 11.4. The van der Waals surface area contributed by atoms with Crippen LogP contribution in [0.2, 0.25) is 0 Å². The molecule has 0 bridgehead atoms. The van der Waals surface area contributed by atoms with Gasteiger partial charge < -0.3 is 0 Å². The maximum atomic E-state index is 12.3. The summed E-state index contributed by atoms with van der Waals surface area (Å²) in [5.41, 5.74) is 0.813. The van der Waals surface area contributed by atoms with Gasteiger partial charge >= 0.3 is 0 Å². The lowest BCUT2D eigenvalue weighted by molar-refractivity contribution is -0.134. The van der Waals surface area contributed by atoms with Gasteiger partial charge in [0.05, 0.1) is 11.1 Å². The number of carbonyl (C=O) groups is 1. The molecule has 0 saturated carbocycles.